The lowest BCUT2D eigenvalue weighted by atomic mass is 9.93. The number of aromatic nitrogens is 2. The van der Waals surface area contributed by atoms with Gasteiger partial charge in [0.05, 0.1) is 25.1 Å². The Labute approximate surface area is 165 Å². The number of benzene rings is 1. The molecule has 1 atom stereocenters. The number of carbonyl (C=O) groups excluding carboxylic acids is 2. The second-order valence-corrected chi connectivity index (χ2v) is 7.06. The predicted molar refractivity (Wildman–Crippen MR) is 105 cm³/mol. The van der Waals surface area contributed by atoms with Gasteiger partial charge in [0.15, 0.2) is 0 Å². The van der Waals surface area contributed by atoms with Crippen LogP contribution in [-0.2, 0) is 11.3 Å². The summed E-state index contributed by atoms with van der Waals surface area (Å²) in [7, 11) is 1.63. The SMILES string of the molecule is COc1cccc(CNC(=O)CC[C@H]2CCCN(C(=O)c3ccnnc3)C2)c1. The van der Waals surface area contributed by atoms with Crippen LogP contribution in [0.3, 0.4) is 0 Å². The van der Waals surface area contributed by atoms with Crippen LogP contribution in [0, 0.1) is 5.92 Å². The minimum absolute atomic E-state index is 0.0120. The molecule has 1 fully saturated rings. The van der Waals surface area contributed by atoms with Gasteiger partial charge in [-0.05, 0) is 48.9 Å². The fraction of sp³-hybridized carbons (Fsp3) is 0.429. The highest BCUT2D eigenvalue weighted by atomic mass is 16.5. The summed E-state index contributed by atoms with van der Waals surface area (Å²) in [4.78, 5) is 26.6. The average molecular weight is 382 g/mol. The Balaban J connectivity index is 1.43. The van der Waals surface area contributed by atoms with E-state index in [1.165, 1.54) is 12.4 Å². The lowest BCUT2D eigenvalue weighted by Crippen LogP contribution is -2.40. The van der Waals surface area contributed by atoms with E-state index in [-0.39, 0.29) is 11.8 Å². The average Bonchev–Trinajstić information content (AvgIpc) is 2.76. The van der Waals surface area contributed by atoms with E-state index < -0.39 is 0 Å². The Kier molecular flexibility index (Phi) is 6.94. The number of ether oxygens (including phenoxy) is 1. The number of nitrogens with zero attached hydrogens (tertiary/aromatic N) is 3. The summed E-state index contributed by atoms with van der Waals surface area (Å²) >= 11 is 0. The number of methoxy groups -OCH3 is 1. The van der Waals surface area contributed by atoms with E-state index in [1.54, 1.807) is 13.2 Å². The molecular weight excluding hydrogens is 356 g/mol. The van der Waals surface area contributed by atoms with Crippen molar-refractivity contribution in [2.45, 2.75) is 32.2 Å². The topological polar surface area (TPSA) is 84.4 Å². The molecule has 1 N–H and O–H groups in total. The van der Waals surface area contributed by atoms with Gasteiger partial charge in [-0.1, -0.05) is 12.1 Å². The Morgan fingerprint density at radius 3 is 2.96 bits per heavy atom. The van der Waals surface area contributed by atoms with Crippen LogP contribution in [0.15, 0.2) is 42.7 Å². The third-order valence-corrected chi connectivity index (χ3v) is 5.04. The molecule has 1 aromatic heterocycles. The Morgan fingerprint density at radius 2 is 2.18 bits per heavy atom. The zero-order valence-corrected chi connectivity index (χ0v) is 16.1. The molecular formula is C21H26N4O3. The molecule has 7 heteroatoms. The van der Waals surface area contributed by atoms with Crippen molar-refractivity contribution in [1.82, 2.24) is 20.4 Å². The smallest absolute Gasteiger partial charge is 0.255 e. The fourth-order valence-electron chi connectivity index (χ4n) is 3.49. The Bertz CT molecular complexity index is 797. The van der Waals surface area contributed by atoms with Gasteiger partial charge in [0, 0.05) is 26.1 Å². The van der Waals surface area contributed by atoms with E-state index in [2.05, 4.69) is 15.5 Å². The lowest BCUT2D eigenvalue weighted by molar-refractivity contribution is -0.121. The highest BCUT2D eigenvalue weighted by Crippen LogP contribution is 2.22. The number of hydrogen-bond donors (Lipinski definition) is 1. The summed E-state index contributed by atoms with van der Waals surface area (Å²) < 4.78 is 5.20. The van der Waals surface area contributed by atoms with Crippen LogP contribution >= 0.6 is 0 Å². The zero-order valence-electron chi connectivity index (χ0n) is 16.1. The predicted octanol–water partition coefficient (Wildman–Crippen LogP) is 2.43. The molecule has 28 heavy (non-hydrogen) atoms. The molecule has 7 nitrogen and oxygen atoms in total. The van der Waals surface area contributed by atoms with Gasteiger partial charge in [-0.2, -0.15) is 10.2 Å². The van der Waals surface area contributed by atoms with Gasteiger partial charge >= 0.3 is 0 Å². The second-order valence-electron chi connectivity index (χ2n) is 7.06. The van der Waals surface area contributed by atoms with E-state index in [0.717, 1.165) is 37.1 Å². The number of nitrogens with one attached hydrogen (secondary N) is 1. The number of likely N-dealkylation sites (tertiary alicyclic amines) is 1. The fourth-order valence-corrected chi connectivity index (χ4v) is 3.49. The van der Waals surface area contributed by atoms with Crippen molar-refractivity contribution in [3.8, 4) is 5.75 Å². The zero-order chi connectivity index (χ0) is 19.8. The van der Waals surface area contributed by atoms with Crippen molar-refractivity contribution in [2.24, 2.45) is 5.92 Å². The third-order valence-electron chi connectivity index (χ3n) is 5.04. The first-order valence-electron chi connectivity index (χ1n) is 9.61. The summed E-state index contributed by atoms with van der Waals surface area (Å²) in [5.74, 6) is 1.14. The van der Waals surface area contributed by atoms with Gasteiger partial charge in [-0.3, -0.25) is 9.59 Å². The minimum atomic E-state index is -0.0120. The highest BCUT2D eigenvalue weighted by molar-refractivity contribution is 5.93. The van der Waals surface area contributed by atoms with Crippen LogP contribution in [0.4, 0.5) is 0 Å². The van der Waals surface area contributed by atoms with Crippen molar-refractivity contribution in [3.05, 3.63) is 53.9 Å². The molecule has 0 unspecified atom stereocenters. The Hall–Kier alpha value is -2.96. The van der Waals surface area contributed by atoms with Crippen molar-refractivity contribution in [2.75, 3.05) is 20.2 Å². The van der Waals surface area contributed by atoms with Crippen molar-refractivity contribution in [3.63, 3.8) is 0 Å². The van der Waals surface area contributed by atoms with E-state index in [0.29, 0.717) is 31.0 Å². The molecule has 0 spiro atoms. The highest BCUT2D eigenvalue weighted by Gasteiger charge is 2.25. The summed E-state index contributed by atoms with van der Waals surface area (Å²) in [6.45, 7) is 1.92. The second kappa shape index (κ2) is 9.82. The summed E-state index contributed by atoms with van der Waals surface area (Å²) in [6.07, 6.45) is 6.27. The first-order chi connectivity index (χ1) is 13.7. The van der Waals surface area contributed by atoms with E-state index >= 15 is 0 Å². The van der Waals surface area contributed by atoms with Gasteiger partial charge in [0.2, 0.25) is 5.91 Å². The molecule has 1 saturated heterocycles. The normalized spacial score (nSPS) is 16.5. The first kappa shape index (κ1) is 19.8. The van der Waals surface area contributed by atoms with E-state index in [9.17, 15) is 9.59 Å². The van der Waals surface area contributed by atoms with Gasteiger partial charge < -0.3 is 15.0 Å². The molecule has 1 aromatic carbocycles. The summed E-state index contributed by atoms with van der Waals surface area (Å²) in [6, 6.07) is 9.35. The third kappa shape index (κ3) is 5.52. The summed E-state index contributed by atoms with van der Waals surface area (Å²) in [5, 5.41) is 10.5. The van der Waals surface area contributed by atoms with Crippen LogP contribution < -0.4 is 10.1 Å². The first-order valence-corrected chi connectivity index (χ1v) is 9.61. The van der Waals surface area contributed by atoms with Crippen LogP contribution in [-0.4, -0.2) is 47.1 Å². The number of hydrogen-bond acceptors (Lipinski definition) is 5. The molecule has 0 saturated carbocycles. The largest absolute Gasteiger partial charge is 0.497 e. The molecule has 148 valence electrons. The van der Waals surface area contributed by atoms with E-state index in [1.807, 2.05) is 29.2 Å². The minimum Gasteiger partial charge on any atom is -0.497 e. The van der Waals surface area contributed by atoms with Crippen molar-refractivity contribution in [1.29, 1.82) is 0 Å². The van der Waals surface area contributed by atoms with Gasteiger partial charge in [-0.15, -0.1) is 0 Å². The molecule has 3 rings (SSSR count). The monoisotopic (exact) mass is 382 g/mol. The van der Waals surface area contributed by atoms with Gasteiger partial charge in [-0.25, -0.2) is 0 Å². The maximum absolute atomic E-state index is 12.6. The van der Waals surface area contributed by atoms with Gasteiger partial charge in [0.1, 0.15) is 5.75 Å². The molecule has 2 amide bonds. The number of amides is 2. The molecule has 0 radical (unpaired) electrons. The van der Waals surface area contributed by atoms with Crippen LogP contribution in [0.2, 0.25) is 0 Å². The number of carbonyl (C=O) groups is 2. The molecule has 2 aromatic rings. The Morgan fingerprint density at radius 1 is 1.29 bits per heavy atom. The quantitative estimate of drug-likeness (QED) is 0.795. The maximum atomic E-state index is 12.6. The van der Waals surface area contributed by atoms with Crippen LogP contribution in [0.5, 0.6) is 5.75 Å². The van der Waals surface area contributed by atoms with Crippen molar-refractivity contribution < 1.29 is 14.3 Å². The standard InChI is InChI=1S/C21H26N4O3/c1-28-19-6-2-4-17(12-19)13-22-20(26)8-7-16-5-3-11-25(15-16)21(27)18-9-10-23-24-14-18/h2,4,6,9-10,12,14,16H,3,5,7-8,11,13,15H2,1H3,(H,22,26)/t16-/m1/s1. The van der Waals surface area contributed by atoms with Crippen LogP contribution in [0.1, 0.15) is 41.6 Å². The van der Waals surface area contributed by atoms with Gasteiger partial charge in [0.25, 0.3) is 5.91 Å². The molecule has 1 aliphatic rings. The lowest BCUT2D eigenvalue weighted by Gasteiger charge is -2.32. The van der Waals surface area contributed by atoms with Crippen LogP contribution in [0.25, 0.3) is 0 Å². The summed E-state index contributed by atoms with van der Waals surface area (Å²) in [5.41, 5.74) is 1.57. The molecule has 1 aliphatic heterocycles. The molecule has 0 aliphatic carbocycles. The number of piperidine rings is 1. The van der Waals surface area contributed by atoms with E-state index in [4.69, 9.17) is 4.74 Å². The molecule has 0 bridgehead atoms. The number of rotatable bonds is 7. The maximum Gasteiger partial charge on any atom is 0.255 e. The van der Waals surface area contributed by atoms with Crippen molar-refractivity contribution >= 4 is 11.8 Å². The molecule has 2 heterocycles.